The van der Waals surface area contributed by atoms with Crippen molar-refractivity contribution in [3.05, 3.63) is 122 Å². The lowest BCUT2D eigenvalue weighted by Gasteiger charge is -2.25. The summed E-state index contributed by atoms with van der Waals surface area (Å²) in [5.41, 5.74) is 0. The van der Waals surface area contributed by atoms with Crippen LogP contribution in [-0.2, 0) is 18.4 Å². The number of nitrogens with one attached hydrogen (secondary N) is 1. The van der Waals surface area contributed by atoms with Crippen molar-refractivity contribution in [1.29, 1.82) is 0 Å². The molecular weight excluding hydrogens is 1010 g/mol. The Bertz CT molecular complexity index is 1720. The number of amides is 1. The van der Waals surface area contributed by atoms with E-state index in [-0.39, 0.29) is 19.1 Å². The van der Waals surface area contributed by atoms with Crippen LogP contribution in [0.1, 0.15) is 271 Å². The molecule has 0 bridgehead atoms. The smallest absolute Gasteiger partial charge is 0.387 e. The second kappa shape index (κ2) is 60.5. The molecule has 3 N–H and O–H groups in total. The molecule has 0 aliphatic heterocycles. The molecule has 0 aromatic carbocycles. The average molecular weight is 1130 g/mol. The van der Waals surface area contributed by atoms with Crippen molar-refractivity contribution in [2.45, 2.75) is 283 Å². The van der Waals surface area contributed by atoms with Crippen molar-refractivity contribution in [3.63, 3.8) is 0 Å². The predicted octanol–water partition coefficient (Wildman–Crippen LogP) is 20.9. The van der Waals surface area contributed by atoms with Gasteiger partial charge in [-0.15, -0.1) is 0 Å². The first-order chi connectivity index (χ1) is 39.0. The molecule has 0 aromatic heterocycles. The van der Waals surface area contributed by atoms with Crippen LogP contribution in [0.15, 0.2) is 122 Å². The highest BCUT2D eigenvalue weighted by molar-refractivity contribution is 7.47. The Balaban J connectivity index is 4.24. The minimum Gasteiger partial charge on any atom is -0.387 e. The summed E-state index contributed by atoms with van der Waals surface area (Å²) in [6.07, 6.45) is 90.4. The zero-order chi connectivity index (χ0) is 58.4. The Hall–Kier alpha value is -3.10. The van der Waals surface area contributed by atoms with Crippen molar-refractivity contribution < 1.29 is 32.9 Å². The number of carbonyl (C=O) groups excluding carboxylic acids is 1. The summed E-state index contributed by atoms with van der Waals surface area (Å²) >= 11 is 0. The summed E-state index contributed by atoms with van der Waals surface area (Å²) in [5, 5.41) is 14.0. The van der Waals surface area contributed by atoms with E-state index >= 15 is 0 Å². The Morgan fingerprint density at radius 2 is 0.762 bits per heavy atom. The lowest BCUT2D eigenvalue weighted by Crippen LogP contribution is -2.45. The molecule has 1 amide bonds. The number of phosphoric ester groups is 1. The number of quaternary nitrogens is 1. The van der Waals surface area contributed by atoms with Gasteiger partial charge in [0.15, 0.2) is 0 Å². The van der Waals surface area contributed by atoms with Crippen molar-refractivity contribution in [2.24, 2.45) is 0 Å². The molecule has 0 fully saturated rings. The van der Waals surface area contributed by atoms with E-state index in [2.05, 4.69) is 129 Å². The number of unbranched alkanes of at least 4 members (excludes halogenated alkanes) is 28. The number of hydrogen-bond donors (Lipinski definition) is 3. The average Bonchev–Trinajstić information content (AvgIpc) is 3.42. The number of allylic oxidation sites excluding steroid dienone is 19. The fraction of sp³-hybridized carbons (Fsp3) is 0.704. The van der Waals surface area contributed by atoms with Gasteiger partial charge in [0, 0.05) is 6.42 Å². The molecule has 9 heteroatoms. The van der Waals surface area contributed by atoms with Gasteiger partial charge >= 0.3 is 7.82 Å². The third-order valence-corrected chi connectivity index (χ3v) is 15.1. The normalized spacial score (nSPS) is 14.5. The van der Waals surface area contributed by atoms with Crippen molar-refractivity contribution in [1.82, 2.24) is 5.32 Å². The maximum atomic E-state index is 13.0. The first-order valence-corrected chi connectivity index (χ1v) is 34.4. The van der Waals surface area contributed by atoms with Crippen LogP contribution in [0.3, 0.4) is 0 Å². The molecule has 0 saturated heterocycles. The molecule has 8 nitrogen and oxygen atoms in total. The van der Waals surface area contributed by atoms with Gasteiger partial charge in [0.2, 0.25) is 5.91 Å². The third kappa shape index (κ3) is 62.5. The lowest BCUT2D eigenvalue weighted by atomic mass is 10.0. The SMILES string of the molecule is CC/C=C\C/C=C\C/C=C\C/C=C\C/C=C\C/C=C\C/C=C\CCCCCCCCCCCC(=O)NC(COP(=O)(O)OCC[N+](C)(C)C)C(O)/C=C/CC/C=C/CC/C=C/CCCCCCCCCCCCCCCCCCC. The van der Waals surface area contributed by atoms with Gasteiger partial charge in [-0.25, -0.2) is 4.57 Å². The monoisotopic (exact) mass is 1130 g/mol. The topological polar surface area (TPSA) is 105 Å². The number of likely N-dealkylation sites (N-methyl/N-ethyl adjacent to an activating group) is 1. The number of nitrogens with zero attached hydrogens (tertiary/aromatic N) is 1. The van der Waals surface area contributed by atoms with Crippen LogP contribution in [0, 0.1) is 0 Å². The molecule has 80 heavy (non-hydrogen) atoms. The minimum absolute atomic E-state index is 0.0462. The van der Waals surface area contributed by atoms with Crippen molar-refractivity contribution >= 4 is 13.7 Å². The van der Waals surface area contributed by atoms with Gasteiger partial charge < -0.3 is 19.8 Å². The minimum atomic E-state index is -4.37. The summed E-state index contributed by atoms with van der Waals surface area (Å²) in [6, 6.07) is -0.884. The summed E-state index contributed by atoms with van der Waals surface area (Å²) in [7, 11) is 1.53. The van der Waals surface area contributed by atoms with E-state index in [1.165, 1.54) is 154 Å². The lowest BCUT2D eigenvalue weighted by molar-refractivity contribution is -0.870. The van der Waals surface area contributed by atoms with Gasteiger partial charge in [-0.05, 0) is 103 Å². The number of aliphatic hydroxyl groups is 1. The first kappa shape index (κ1) is 76.9. The second-order valence-corrected chi connectivity index (χ2v) is 24.5. The summed E-state index contributed by atoms with van der Waals surface area (Å²) in [4.78, 5) is 23.4. The largest absolute Gasteiger partial charge is 0.472 e. The number of phosphoric acid groups is 1. The third-order valence-electron chi connectivity index (χ3n) is 14.1. The van der Waals surface area contributed by atoms with Gasteiger partial charge in [0.25, 0.3) is 0 Å². The summed E-state index contributed by atoms with van der Waals surface area (Å²) in [6.45, 7) is 4.68. The second-order valence-electron chi connectivity index (χ2n) is 23.1. The number of rotatable bonds is 59. The molecule has 0 aliphatic carbocycles. The Morgan fingerprint density at radius 3 is 1.15 bits per heavy atom. The van der Waals surface area contributed by atoms with E-state index in [4.69, 9.17) is 9.05 Å². The molecule has 3 unspecified atom stereocenters. The summed E-state index contributed by atoms with van der Waals surface area (Å²) in [5.74, 6) is -0.201. The van der Waals surface area contributed by atoms with E-state index in [0.717, 1.165) is 96.3 Å². The molecule has 0 aromatic rings. The van der Waals surface area contributed by atoms with E-state index in [1.54, 1.807) is 6.08 Å². The molecule has 0 heterocycles. The zero-order valence-corrected chi connectivity index (χ0v) is 53.4. The maximum absolute atomic E-state index is 13.0. The van der Waals surface area contributed by atoms with Gasteiger partial charge in [0.1, 0.15) is 13.2 Å². The Kier molecular flexibility index (Phi) is 58.1. The quantitative estimate of drug-likeness (QED) is 0.0243. The maximum Gasteiger partial charge on any atom is 0.472 e. The standard InChI is InChI=1S/C71H125N2O6P/c1-6-8-10-12-14-16-18-20-22-24-26-28-30-32-34-35-36-37-39-41-43-45-47-49-51-53-55-57-59-61-63-65-71(75)72-69(68-79-80(76,77)78-67-66-73(3,4)5)70(74)64-62-60-58-56-54-52-50-48-46-44-42-40-38-33-31-29-27-25-23-21-19-17-15-13-11-9-7-2/h8,10,14,16,20,22,26,28,32,34,36-37,41,43,46,48,54,56,62,64,69-70,74H,6-7,9,11-13,15,17-19,21,23-25,27,29-31,33,35,38-40,42,44-45,47,49-53,55,57-61,63,65-68H2,1-5H3,(H-,72,75,76,77)/p+1/b10-8-,16-14-,22-20-,28-26-,34-32-,37-36-,43-41-,48-46+,56-54+,64-62+. The Morgan fingerprint density at radius 1 is 0.438 bits per heavy atom. The number of carbonyl (C=O) groups is 1. The van der Waals surface area contributed by atoms with Crippen molar-refractivity contribution in [3.8, 4) is 0 Å². The van der Waals surface area contributed by atoms with Gasteiger partial charge in [-0.1, -0.05) is 283 Å². The molecule has 3 atom stereocenters. The van der Waals surface area contributed by atoms with Crippen LogP contribution in [-0.4, -0.2) is 73.4 Å². The number of aliphatic hydroxyl groups excluding tert-OH is 1. The van der Waals surface area contributed by atoms with Gasteiger partial charge in [-0.3, -0.25) is 13.8 Å². The molecule has 0 radical (unpaired) electrons. The summed E-state index contributed by atoms with van der Waals surface area (Å²) < 4.78 is 23.8. The van der Waals surface area contributed by atoms with Crippen LogP contribution < -0.4 is 5.32 Å². The van der Waals surface area contributed by atoms with Gasteiger partial charge in [0.05, 0.1) is 39.9 Å². The van der Waals surface area contributed by atoms with Crippen LogP contribution >= 0.6 is 7.82 Å². The highest BCUT2D eigenvalue weighted by Crippen LogP contribution is 2.43. The van der Waals surface area contributed by atoms with Crippen LogP contribution in [0.25, 0.3) is 0 Å². The molecule has 0 aliphatic rings. The predicted molar refractivity (Wildman–Crippen MR) is 350 cm³/mol. The molecule has 460 valence electrons. The van der Waals surface area contributed by atoms with E-state index in [9.17, 15) is 19.4 Å². The highest BCUT2D eigenvalue weighted by atomic mass is 31.2. The molecule has 0 saturated carbocycles. The van der Waals surface area contributed by atoms with E-state index in [1.807, 2.05) is 27.2 Å². The fourth-order valence-corrected chi connectivity index (χ4v) is 9.79. The van der Waals surface area contributed by atoms with Crippen LogP contribution in [0.4, 0.5) is 0 Å². The zero-order valence-electron chi connectivity index (χ0n) is 52.5. The first-order valence-electron chi connectivity index (χ1n) is 32.9. The fourth-order valence-electron chi connectivity index (χ4n) is 9.06. The van der Waals surface area contributed by atoms with E-state index in [0.29, 0.717) is 17.4 Å². The van der Waals surface area contributed by atoms with Gasteiger partial charge in [-0.2, -0.15) is 0 Å². The van der Waals surface area contributed by atoms with Crippen LogP contribution in [0.2, 0.25) is 0 Å². The molecular formula is C71H126N2O6P+. The molecule has 0 rings (SSSR count). The highest BCUT2D eigenvalue weighted by Gasteiger charge is 2.27. The van der Waals surface area contributed by atoms with E-state index < -0.39 is 20.0 Å². The van der Waals surface area contributed by atoms with Crippen molar-refractivity contribution in [2.75, 3.05) is 40.9 Å². The van der Waals surface area contributed by atoms with Crippen LogP contribution in [0.5, 0.6) is 0 Å². The molecule has 0 spiro atoms. The Labute approximate surface area is 494 Å². The number of hydrogen-bond acceptors (Lipinski definition) is 5.